The molecule has 4 rings (SSSR count). The maximum atomic E-state index is 13.2. The summed E-state index contributed by atoms with van der Waals surface area (Å²) in [5, 5.41) is 2.83. The van der Waals surface area contributed by atoms with E-state index in [1.54, 1.807) is 25.3 Å². The first-order valence-corrected chi connectivity index (χ1v) is 9.90. The normalized spacial score (nSPS) is 19.6. The number of hydrogen-bond acceptors (Lipinski definition) is 5. The van der Waals surface area contributed by atoms with Crippen molar-refractivity contribution in [2.45, 2.75) is 44.7 Å². The van der Waals surface area contributed by atoms with Crippen LogP contribution < -0.4 is 5.32 Å². The van der Waals surface area contributed by atoms with E-state index in [1.165, 1.54) is 12.1 Å². The molecule has 2 aromatic rings. The van der Waals surface area contributed by atoms with Gasteiger partial charge < -0.3 is 15.0 Å². The minimum Gasteiger partial charge on any atom is -0.466 e. The summed E-state index contributed by atoms with van der Waals surface area (Å²) >= 11 is 0. The summed E-state index contributed by atoms with van der Waals surface area (Å²) in [4.78, 5) is 35.2. The first kappa shape index (κ1) is 19.3. The lowest BCUT2D eigenvalue weighted by Crippen LogP contribution is -2.47. The average Bonchev–Trinajstić information content (AvgIpc) is 3.03. The standard InChI is InChI=1S/C21H23FN4O3/c1-2-29-19(27)9-10-23-21(28)26-15-7-8-18(26)16-12-24-20(25-17(16)11-15)13-3-5-14(22)6-4-13/h3-6,12,15,18H,2,7-11H2,1H3,(H,23,28). The molecule has 0 aliphatic carbocycles. The number of halogens is 1. The van der Waals surface area contributed by atoms with Gasteiger partial charge in [0.15, 0.2) is 5.82 Å². The Hall–Kier alpha value is -3.03. The molecule has 2 bridgehead atoms. The Bertz CT molecular complexity index is 919. The van der Waals surface area contributed by atoms with Gasteiger partial charge in [0.25, 0.3) is 0 Å². The summed E-state index contributed by atoms with van der Waals surface area (Å²) in [6, 6.07) is 5.96. The van der Waals surface area contributed by atoms with E-state index in [4.69, 9.17) is 9.72 Å². The highest BCUT2D eigenvalue weighted by Crippen LogP contribution is 2.43. The molecule has 29 heavy (non-hydrogen) atoms. The molecule has 2 aliphatic heterocycles. The second-order valence-electron chi connectivity index (χ2n) is 7.25. The fourth-order valence-corrected chi connectivity index (χ4v) is 4.12. The molecule has 3 heterocycles. The largest absolute Gasteiger partial charge is 0.466 e. The van der Waals surface area contributed by atoms with Gasteiger partial charge in [0.2, 0.25) is 0 Å². The van der Waals surface area contributed by atoms with Crippen LogP contribution in [0.15, 0.2) is 30.5 Å². The topological polar surface area (TPSA) is 84.4 Å². The predicted octanol–water partition coefficient (Wildman–Crippen LogP) is 3.01. The number of carbonyl (C=O) groups is 2. The van der Waals surface area contributed by atoms with Crippen LogP contribution in [0.25, 0.3) is 11.4 Å². The summed E-state index contributed by atoms with van der Waals surface area (Å²) in [6.07, 6.45) is 4.36. The minimum absolute atomic E-state index is 0.0615. The van der Waals surface area contributed by atoms with Crippen molar-refractivity contribution in [3.63, 3.8) is 0 Å². The maximum absolute atomic E-state index is 13.2. The molecule has 8 heteroatoms. The quantitative estimate of drug-likeness (QED) is 0.783. The zero-order valence-electron chi connectivity index (χ0n) is 16.2. The highest BCUT2D eigenvalue weighted by molar-refractivity contribution is 5.77. The van der Waals surface area contributed by atoms with E-state index in [2.05, 4.69) is 10.3 Å². The van der Waals surface area contributed by atoms with Crippen LogP contribution in [0.1, 0.15) is 43.5 Å². The Morgan fingerprint density at radius 1 is 1.28 bits per heavy atom. The van der Waals surface area contributed by atoms with Gasteiger partial charge in [-0.25, -0.2) is 19.2 Å². The minimum atomic E-state index is -0.318. The van der Waals surface area contributed by atoms with Crippen LogP contribution in [-0.4, -0.2) is 46.1 Å². The van der Waals surface area contributed by atoms with Crippen molar-refractivity contribution in [3.8, 4) is 11.4 Å². The average molecular weight is 398 g/mol. The van der Waals surface area contributed by atoms with Gasteiger partial charge in [-0.05, 0) is 44.0 Å². The number of aromatic nitrogens is 2. The second kappa shape index (κ2) is 8.14. The van der Waals surface area contributed by atoms with Gasteiger partial charge in [-0.3, -0.25) is 4.79 Å². The molecule has 2 unspecified atom stereocenters. The van der Waals surface area contributed by atoms with E-state index in [0.717, 1.165) is 29.7 Å². The zero-order valence-corrected chi connectivity index (χ0v) is 16.2. The third-order valence-corrected chi connectivity index (χ3v) is 5.44. The Labute approximate surface area is 168 Å². The van der Waals surface area contributed by atoms with Gasteiger partial charge in [0.1, 0.15) is 5.82 Å². The number of fused-ring (bicyclic) bond motifs is 4. The first-order chi connectivity index (χ1) is 14.1. The number of benzene rings is 1. The van der Waals surface area contributed by atoms with Crippen molar-refractivity contribution in [1.29, 1.82) is 0 Å². The predicted molar refractivity (Wildman–Crippen MR) is 103 cm³/mol. The SMILES string of the molecule is CCOC(=O)CCNC(=O)N1C2CCC1c1cnc(-c3ccc(F)cc3)nc1C2. The third kappa shape index (κ3) is 3.92. The maximum Gasteiger partial charge on any atom is 0.318 e. The molecule has 1 aromatic heterocycles. The number of nitrogens with one attached hydrogen (secondary N) is 1. The van der Waals surface area contributed by atoms with E-state index < -0.39 is 0 Å². The molecule has 0 spiro atoms. The lowest BCUT2D eigenvalue weighted by atomic mass is 9.99. The zero-order chi connectivity index (χ0) is 20.4. The molecule has 1 saturated heterocycles. The Morgan fingerprint density at radius 3 is 2.83 bits per heavy atom. The number of ether oxygens (including phenoxy) is 1. The van der Waals surface area contributed by atoms with Crippen LogP contribution in [0.3, 0.4) is 0 Å². The molecule has 2 amide bonds. The number of urea groups is 1. The van der Waals surface area contributed by atoms with Gasteiger partial charge >= 0.3 is 12.0 Å². The van der Waals surface area contributed by atoms with Crippen molar-refractivity contribution in [2.24, 2.45) is 0 Å². The van der Waals surface area contributed by atoms with Gasteiger partial charge in [0.05, 0.1) is 24.8 Å². The number of hydrogen-bond donors (Lipinski definition) is 1. The molecule has 0 radical (unpaired) electrons. The van der Waals surface area contributed by atoms with E-state index in [9.17, 15) is 14.0 Å². The Balaban J connectivity index is 1.47. The van der Waals surface area contributed by atoms with Crippen LogP contribution in [0.4, 0.5) is 9.18 Å². The van der Waals surface area contributed by atoms with Crippen molar-refractivity contribution in [1.82, 2.24) is 20.2 Å². The highest BCUT2D eigenvalue weighted by Gasteiger charge is 2.43. The molecule has 1 aromatic carbocycles. The summed E-state index contributed by atoms with van der Waals surface area (Å²) in [5.74, 6) is -0.0497. The van der Waals surface area contributed by atoms with Gasteiger partial charge in [-0.2, -0.15) is 0 Å². The first-order valence-electron chi connectivity index (χ1n) is 9.90. The highest BCUT2D eigenvalue weighted by atomic mass is 19.1. The van der Waals surface area contributed by atoms with Crippen LogP contribution in [-0.2, 0) is 16.0 Å². The van der Waals surface area contributed by atoms with Gasteiger partial charge in [0, 0.05) is 36.3 Å². The monoisotopic (exact) mass is 398 g/mol. The number of carbonyl (C=O) groups excluding carboxylic acids is 2. The van der Waals surface area contributed by atoms with Crippen LogP contribution >= 0.6 is 0 Å². The van der Waals surface area contributed by atoms with Gasteiger partial charge in [-0.1, -0.05) is 0 Å². The summed E-state index contributed by atoms with van der Waals surface area (Å²) in [5.41, 5.74) is 2.67. The fourth-order valence-electron chi connectivity index (χ4n) is 4.12. The molecule has 0 saturated carbocycles. The van der Waals surface area contributed by atoms with Crippen LogP contribution in [0, 0.1) is 5.82 Å². The molecule has 2 atom stereocenters. The van der Waals surface area contributed by atoms with E-state index in [1.807, 2.05) is 4.90 Å². The number of nitrogens with zero attached hydrogens (tertiary/aromatic N) is 3. The van der Waals surface area contributed by atoms with Crippen LogP contribution in [0.5, 0.6) is 0 Å². The van der Waals surface area contributed by atoms with Crippen molar-refractivity contribution in [2.75, 3.05) is 13.2 Å². The van der Waals surface area contributed by atoms with Gasteiger partial charge in [-0.15, -0.1) is 0 Å². The molecule has 7 nitrogen and oxygen atoms in total. The molecular weight excluding hydrogens is 375 g/mol. The van der Waals surface area contributed by atoms with E-state index >= 15 is 0 Å². The third-order valence-electron chi connectivity index (χ3n) is 5.44. The molecule has 1 N–H and O–H groups in total. The fraction of sp³-hybridized carbons (Fsp3) is 0.429. The summed E-state index contributed by atoms with van der Waals surface area (Å²) < 4.78 is 18.0. The summed E-state index contributed by atoms with van der Waals surface area (Å²) in [6.45, 7) is 2.34. The van der Waals surface area contributed by atoms with E-state index in [-0.39, 0.29) is 42.9 Å². The van der Waals surface area contributed by atoms with Crippen molar-refractivity contribution < 1.29 is 18.7 Å². The summed E-state index contributed by atoms with van der Waals surface area (Å²) in [7, 11) is 0. The molecule has 2 aliphatic rings. The second-order valence-corrected chi connectivity index (χ2v) is 7.25. The molecule has 152 valence electrons. The number of esters is 1. The smallest absolute Gasteiger partial charge is 0.318 e. The molecular formula is C21H23FN4O3. The Morgan fingerprint density at radius 2 is 2.07 bits per heavy atom. The lowest BCUT2D eigenvalue weighted by molar-refractivity contribution is -0.142. The molecule has 1 fully saturated rings. The van der Waals surface area contributed by atoms with E-state index in [0.29, 0.717) is 18.9 Å². The lowest BCUT2D eigenvalue weighted by Gasteiger charge is -2.35. The number of rotatable bonds is 5. The van der Waals surface area contributed by atoms with Crippen molar-refractivity contribution >= 4 is 12.0 Å². The number of amides is 2. The van der Waals surface area contributed by atoms with Crippen LogP contribution in [0.2, 0.25) is 0 Å². The Kier molecular flexibility index (Phi) is 5.42. The van der Waals surface area contributed by atoms with Crippen molar-refractivity contribution in [3.05, 3.63) is 47.5 Å².